The number of hydrogen-bond acceptors (Lipinski definition) is 2. The molecule has 1 N–H and O–H groups in total. The summed E-state index contributed by atoms with van der Waals surface area (Å²) >= 11 is 0. The van der Waals surface area contributed by atoms with Gasteiger partial charge < -0.3 is 5.21 Å². The molecule has 0 saturated carbocycles. The molecular weight excluding hydrogens is 234 g/mol. The highest BCUT2D eigenvalue weighted by Gasteiger charge is 2.09. The first-order valence-electron chi connectivity index (χ1n) is 6.57. The van der Waals surface area contributed by atoms with Crippen LogP contribution >= 0.6 is 0 Å². The molecule has 0 fully saturated rings. The molecule has 100 valence electrons. The van der Waals surface area contributed by atoms with Crippen molar-refractivity contribution in [3.63, 3.8) is 0 Å². The van der Waals surface area contributed by atoms with Crippen LogP contribution in [0.15, 0.2) is 53.7 Å². The Kier molecular flexibility index (Phi) is 5.80. The van der Waals surface area contributed by atoms with Crippen LogP contribution in [0, 0.1) is 13.8 Å². The predicted molar refractivity (Wildman–Crippen MR) is 81.1 cm³/mol. The quantitative estimate of drug-likeness (QED) is 0.476. The smallest absolute Gasteiger partial charge is 0.117 e. The molecule has 2 aromatic rings. The lowest BCUT2D eigenvalue weighted by molar-refractivity contribution is 0.319. The molecule has 2 heteroatoms. The minimum absolute atomic E-state index is 0.614. The average molecular weight is 255 g/mol. The zero-order valence-corrected chi connectivity index (χ0v) is 12.0. The van der Waals surface area contributed by atoms with Gasteiger partial charge in [0.15, 0.2) is 0 Å². The lowest BCUT2D eigenvalue weighted by Gasteiger charge is -2.09. The molecule has 0 amide bonds. The van der Waals surface area contributed by atoms with E-state index in [-0.39, 0.29) is 0 Å². The van der Waals surface area contributed by atoms with Crippen LogP contribution in [0.4, 0.5) is 0 Å². The van der Waals surface area contributed by atoms with E-state index in [0.717, 1.165) is 16.7 Å². The van der Waals surface area contributed by atoms with Gasteiger partial charge in [0, 0.05) is 11.1 Å². The van der Waals surface area contributed by atoms with Gasteiger partial charge in [0.05, 0.1) is 0 Å². The number of hydrogen-bond donors (Lipinski definition) is 1. The molecule has 0 bridgehead atoms. The van der Waals surface area contributed by atoms with Gasteiger partial charge in [-0.25, -0.2) is 0 Å². The predicted octanol–water partition coefficient (Wildman–Crippen LogP) is 4.56. The summed E-state index contributed by atoms with van der Waals surface area (Å²) in [5.41, 5.74) is 4.81. The van der Waals surface area contributed by atoms with Crippen molar-refractivity contribution >= 4 is 5.71 Å². The van der Waals surface area contributed by atoms with Crippen LogP contribution in [0.1, 0.15) is 36.1 Å². The maximum Gasteiger partial charge on any atom is 0.117 e. The molecule has 0 spiro atoms. The molecule has 0 aromatic heterocycles. The SMILES string of the molecule is CC.Cc1ccc(C(=NO)c2ccccc2)c(C)c1. The summed E-state index contributed by atoms with van der Waals surface area (Å²) in [6.45, 7) is 8.07. The molecule has 2 nitrogen and oxygen atoms in total. The van der Waals surface area contributed by atoms with Crippen LogP contribution in [0.3, 0.4) is 0 Å². The molecule has 0 aliphatic heterocycles. The lowest BCUT2D eigenvalue weighted by atomic mass is 9.97. The zero-order chi connectivity index (χ0) is 14.3. The molecule has 0 atom stereocenters. The summed E-state index contributed by atoms with van der Waals surface area (Å²) < 4.78 is 0. The summed E-state index contributed by atoms with van der Waals surface area (Å²) in [6.07, 6.45) is 0. The molecule has 2 rings (SSSR count). The van der Waals surface area contributed by atoms with Gasteiger partial charge in [-0.2, -0.15) is 0 Å². The van der Waals surface area contributed by atoms with Gasteiger partial charge in [-0.05, 0) is 19.4 Å². The van der Waals surface area contributed by atoms with Gasteiger partial charge in [0.1, 0.15) is 5.71 Å². The fraction of sp³-hybridized carbons (Fsp3) is 0.235. The van der Waals surface area contributed by atoms with Crippen LogP contribution < -0.4 is 0 Å². The second-order valence-electron chi connectivity index (χ2n) is 4.13. The Morgan fingerprint density at radius 1 is 0.947 bits per heavy atom. The second-order valence-corrected chi connectivity index (χ2v) is 4.13. The van der Waals surface area contributed by atoms with Gasteiger partial charge >= 0.3 is 0 Å². The molecular formula is C17H21NO. The monoisotopic (exact) mass is 255 g/mol. The zero-order valence-electron chi connectivity index (χ0n) is 12.0. The minimum atomic E-state index is 0.614. The van der Waals surface area contributed by atoms with E-state index >= 15 is 0 Å². The van der Waals surface area contributed by atoms with E-state index in [2.05, 4.69) is 18.1 Å². The Morgan fingerprint density at radius 3 is 2.11 bits per heavy atom. The van der Waals surface area contributed by atoms with Crippen molar-refractivity contribution in [3.8, 4) is 0 Å². The Labute approximate surface area is 115 Å². The van der Waals surface area contributed by atoms with Gasteiger partial charge in [0.2, 0.25) is 0 Å². The van der Waals surface area contributed by atoms with E-state index in [0.29, 0.717) is 5.71 Å². The van der Waals surface area contributed by atoms with Gasteiger partial charge in [-0.15, -0.1) is 0 Å². The van der Waals surface area contributed by atoms with Crippen molar-refractivity contribution in [1.29, 1.82) is 0 Å². The van der Waals surface area contributed by atoms with Gasteiger partial charge in [-0.1, -0.05) is 73.1 Å². The normalized spacial score (nSPS) is 10.6. The highest BCUT2D eigenvalue weighted by molar-refractivity contribution is 6.13. The standard InChI is InChI=1S/C15H15NO.C2H6/c1-11-8-9-14(12(2)10-11)15(16-17)13-6-4-3-5-7-13;1-2/h3-10,17H,1-2H3;1-2H3. The Bertz CT molecular complexity index is 544. The molecule has 0 unspecified atom stereocenters. The van der Waals surface area contributed by atoms with Gasteiger partial charge in [-0.3, -0.25) is 0 Å². The molecule has 0 radical (unpaired) electrons. The average Bonchev–Trinajstić information content (AvgIpc) is 2.45. The van der Waals surface area contributed by atoms with E-state index in [1.54, 1.807) is 0 Å². The first-order chi connectivity index (χ1) is 9.22. The number of aryl methyl sites for hydroxylation is 2. The molecule has 19 heavy (non-hydrogen) atoms. The summed E-state index contributed by atoms with van der Waals surface area (Å²) in [4.78, 5) is 0. The van der Waals surface area contributed by atoms with Crippen LogP contribution in [0.25, 0.3) is 0 Å². The highest BCUT2D eigenvalue weighted by Crippen LogP contribution is 2.16. The molecule has 0 aliphatic rings. The lowest BCUT2D eigenvalue weighted by Crippen LogP contribution is -2.05. The maximum absolute atomic E-state index is 9.21. The van der Waals surface area contributed by atoms with E-state index in [1.165, 1.54) is 5.56 Å². The molecule has 0 heterocycles. The molecule has 0 aliphatic carbocycles. The third kappa shape index (κ3) is 3.68. The summed E-state index contributed by atoms with van der Waals surface area (Å²) in [7, 11) is 0. The first-order valence-corrected chi connectivity index (χ1v) is 6.57. The van der Waals surface area contributed by atoms with Crippen molar-refractivity contribution in [2.75, 3.05) is 0 Å². The fourth-order valence-corrected chi connectivity index (χ4v) is 1.94. The second kappa shape index (κ2) is 7.37. The highest BCUT2D eigenvalue weighted by atomic mass is 16.4. The number of nitrogens with zero attached hydrogens (tertiary/aromatic N) is 1. The van der Waals surface area contributed by atoms with Crippen LogP contribution in [-0.2, 0) is 0 Å². The van der Waals surface area contributed by atoms with Crippen LogP contribution in [-0.4, -0.2) is 10.9 Å². The van der Waals surface area contributed by atoms with E-state index in [1.807, 2.05) is 63.2 Å². The van der Waals surface area contributed by atoms with Crippen molar-refractivity contribution in [2.24, 2.45) is 5.16 Å². The van der Waals surface area contributed by atoms with Crippen molar-refractivity contribution in [2.45, 2.75) is 27.7 Å². The first kappa shape index (κ1) is 15.0. The molecule has 0 saturated heterocycles. The third-order valence-corrected chi connectivity index (χ3v) is 2.78. The number of oxime groups is 1. The minimum Gasteiger partial charge on any atom is -0.410 e. The summed E-state index contributed by atoms with van der Waals surface area (Å²) in [5.74, 6) is 0. The number of benzene rings is 2. The van der Waals surface area contributed by atoms with Crippen LogP contribution in [0.5, 0.6) is 0 Å². The van der Waals surface area contributed by atoms with E-state index in [9.17, 15) is 5.21 Å². The van der Waals surface area contributed by atoms with E-state index < -0.39 is 0 Å². The van der Waals surface area contributed by atoms with Crippen molar-refractivity contribution in [1.82, 2.24) is 0 Å². The number of rotatable bonds is 2. The fourth-order valence-electron chi connectivity index (χ4n) is 1.94. The van der Waals surface area contributed by atoms with Crippen LogP contribution in [0.2, 0.25) is 0 Å². The Hall–Kier alpha value is -2.09. The largest absolute Gasteiger partial charge is 0.410 e. The van der Waals surface area contributed by atoms with Crippen molar-refractivity contribution < 1.29 is 5.21 Å². The Morgan fingerprint density at radius 2 is 1.58 bits per heavy atom. The van der Waals surface area contributed by atoms with Crippen molar-refractivity contribution in [3.05, 3.63) is 70.8 Å². The third-order valence-electron chi connectivity index (χ3n) is 2.78. The van der Waals surface area contributed by atoms with E-state index in [4.69, 9.17) is 0 Å². The molecule has 2 aromatic carbocycles. The summed E-state index contributed by atoms with van der Waals surface area (Å²) in [6, 6.07) is 15.8. The van der Waals surface area contributed by atoms with Gasteiger partial charge in [0.25, 0.3) is 0 Å². The maximum atomic E-state index is 9.21. The summed E-state index contributed by atoms with van der Waals surface area (Å²) in [5, 5.41) is 12.7. The topological polar surface area (TPSA) is 32.6 Å². The Balaban J connectivity index is 0.000000861.